The van der Waals surface area contributed by atoms with Gasteiger partial charge in [0.15, 0.2) is 5.37 Å². The molecule has 4 nitrogen and oxygen atoms in total. The van der Waals surface area contributed by atoms with Crippen LogP contribution in [0.3, 0.4) is 0 Å². The van der Waals surface area contributed by atoms with E-state index < -0.39 is 21.7 Å². The van der Waals surface area contributed by atoms with Crippen LogP contribution in [0, 0.1) is 17.8 Å². The Bertz CT molecular complexity index is 427. The smallest absolute Gasteiger partial charge is 0.284 e. The van der Waals surface area contributed by atoms with Crippen LogP contribution in [0.4, 0.5) is 4.39 Å². The van der Waals surface area contributed by atoms with Gasteiger partial charge in [0.1, 0.15) is 6.17 Å². The van der Waals surface area contributed by atoms with Crippen molar-refractivity contribution in [2.45, 2.75) is 62.5 Å². The minimum Gasteiger partial charge on any atom is -0.291 e. The molecule has 0 saturated heterocycles. The first-order chi connectivity index (χ1) is 8.77. The van der Waals surface area contributed by atoms with Crippen LogP contribution >= 0.6 is 0 Å². The summed E-state index contributed by atoms with van der Waals surface area (Å²) in [6, 6.07) is 0. The highest BCUT2D eigenvalue weighted by Crippen LogP contribution is 2.55. The van der Waals surface area contributed by atoms with Crippen LogP contribution in [0.25, 0.3) is 0 Å². The van der Waals surface area contributed by atoms with Crippen LogP contribution in [-0.4, -0.2) is 30.1 Å². The number of rotatable bonds is 4. The molecule has 110 valence electrons. The second-order valence-corrected chi connectivity index (χ2v) is 8.49. The van der Waals surface area contributed by atoms with Gasteiger partial charge >= 0.3 is 0 Å². The third kappa shape index (κ3) is 2.54. The largest absolute Gasteiger partial charge is 0.291 e. The molecule has 6 heteroatoms. The minimum atomic E-state index is -4.39. The van der Waals surface area contributed by atoms with Gasteiger partial charge in [0.25, 0.3) is 10.1 Å². The Morgan fingerprint density at radius 3 is 1.89 bits per heavy atom. The van der Waals surface area contributed by atoms with Gasteiger partial charge in [0, 0.05) is 5.54 Å². The summed E-state index contributed by atoms with van der Waals surface area (Å²) >= 11 is 0. The Morgan fingerprint density at radius 1 is 1.16 bits per heavy atom. The van der Waals surface area contributed by atoms with Crippen molar-refractivity contribution < 1.29 is 17.4 Å². The normalized spacial score (nSPS) is 44.3. The summed E-state index contributed by atoms with van der Waals surface area (Å²) in [7, 11) is -4.39. The Morgan fingerprint density at radius 2 is 1.58 bits per heavy atom. The Balaban J connectivity index is 1.82. The third-order valence-electron chi connectivity index (χ3n) is 5.22. The average Bonchev–Trinajstić information content (AvgIpc) is 2.22. The van der Waals surface area contributed by atoms with Gasteiger partial charge in [-0.25, -0.2) is 4.39 Å². The summed E-state index contributed by atoms with van der Waals surface area (Å²) in [5, 5.41) is 1.51. The zero-order chi connectivity index (χ0) is 13.8. The van der Waals surface area contributed by atoms with Crippen LogP contribution < -0.4 is 5.32 Å². The molecule has 0 aromatic rings. The topological polar surface area (TPSA) is 66.4 Å². The monoisotopic (exact) mass is 291 g/mol. The van der Waals surface area contributed by atoms with Crippen LogP contribution in [0.1, 0.15) is 45.4 Å². The molecular formula is C13H22FNO3S. The summed E-state index contributed by atoms with van der Waals surface area (Å²) in [5.41, 5.74) is -0.268. The fourth-order valence-electron chi connectivity index (χ4n) is 5.02. The summed E-state index contributed by atoms with van der Waals surface area (Å²) in [6.45, 7) is 1.19. The molecule has 0 amide bonds. The first-order valence-corrected chi connectivity index (χ1v) is 8.66. The van der Waals surface area contributed by atoms with Crippen LogP contribution in [-0.2, 0) is 10.1 Å². The van der Waals surface area contributed by atoms with E-state index in [1.807, 2.05) is 0 Å². The van der Waals surface area contributed by atoms with Gasteiger partial charge in [-0.1, -0.05) is 0 Å². The molecule has 2 atom stereocenters. The first kappa shape index (κ1) is 13.8. The molecule has 0 aromatic heterocycles. The molecule has 4 bridgehead atoms. The van der Waals surface area contributed by atoms with Crippen molar-refractivity contribution in [2.75, 3.05) is 0 Å². The van der Waals surface area contributed by atoms with Crippen LogP contribution in [0.15, 0.2) is 0 Å². The van der Waals surface area contributed by atoms with Gasteiger partial charge < -0.3 is 0 Å². The molecule has 0 spiro atoms. The zero-order valence-electron chi connectivity index (χ0n) is 11.2. The van der Waals surface area contributed by atoms with Gasteiger partial charge in [0.2, 0.25) is 0 Å². The molecule has 4 fully saturated rings. The lowest BCUT2D eigenvalue weighted by Gasteiger charge is -2.57. The number of alkyl halides is 1. The van der Waals surface area contributed by atoms with Gasteiger partial charge in [-0.2, -0.15) is 8.42 Å². The molecule has 2 N–H and O–H groups in total. The maximum atomic E-state index is 13.5. The van der Waals surface area contributed by atoms with Crippen molar-refractivity contribution in [1.82, 2.24) is 5.32 Å². The van der Waals surface area contributed by atoms with E-state index >= 15 is 0 Å². The van der Waals surface area contributed by atoms with E-state index in [0.717, 1.165) is 19.3 Å². The molecular weight excluding hydrogens is 269 g/mol. The quantitative estimate of drug-likeness (QED) is 0.779. The van der Waals surface area contributed by atoms with Crippen LogP contribution in [0.2, 0.25) is 0 Å². The van der Waals surface area contributed by atoms with Gasteiger partial charge in [0.05, 0.1) is 0 Å². The number of hydrogen-bond donors (Lipinski definition) is 2. The van der Waals surface area contributed by atoms with E-state index in [4.69, 9.17) is 0 Å². The van der Waals surface area contributed by atoms with E-state index in [0.29, 0.717) is 17.8 Å². The van der Waals surface area contributed by atoms with Crippen molar-refractivity contribution in [3.63, 3.8) is 0 Å². The molecule has 0 radical (unpaired) electrons. The first-order valence-electron chi connectivity index (χ1n) is 7.15. The fourth-order valence-corrected chi connectivity index (χ4v) is 5.89. The average molecular weight is 291 g/mol. The number of halogens is 1. The lowest BCUT2D eigenvalue weighted by atomic mass is 9.53. The second-order valence-electron chi connectivity index (χ2n) is 6.96. The van der Waals surface area contributed by atoms with Crippen molar-refractivity contribution in [3.8, 4) is 0 Å². The molecule has 4 aliphatic rings. The fraction of sp³-hybridized carbons (Fsp3) is 1.00. The molecule has 4 aliphatic carbocycles. The van der Waals surface area contributed by atoms with Gasteiger partial charge in [-0.3, -0.25) is 9.87 Å². The summed E-state index contributed by atoms with van der Waals surface area (Å²) in [6.07, 6.45) is 4.89. The summed E-state index contributed by atoms with van der Waals surface area (Å²) in [4.78, 5) is 0. The molecule has 1 unspecified atom stereocenters. The maximum absolute atomic E-state index is 13.5. The highest BCUT2D eigenvalue weighted by atomic mass is 32.2. The van der Waals surface area contributed by atoms with Crippen molar-refractivity contribution >= 4 is 10.1 Å². The Labute approximate surface area is 113 Å². The SMILES string of the molecule is C[C@H](F)C(NC12CC3CC(CC(C3)C1)C2)S(=O)(=O)O. The predicted octanol–water partition coefficient (Wildman–Crippen LogP) is 2.12. The highest BCUT2D eigenvalue weighted by molar-refractivity contribution is 7.86. The molecule has 0 aromatic carbocycles. The third-order valence-corrected chi connectivity index (χ3v) is 6.36. The Hall–Kier alpha value is -0.200. The lowest BCUT2D eigenvalue weighted by molar-refractivity contribution is -0.0248. The summed E-state index contributed by atoms with van der Waals surface area (Å²) < 4.78 is 45.5. The molecule has 4 rings (SSSR count). The van der Waals surface area contributed by atoms with Crippen molar-refractivity contribution in [3.05, 3.63) is 0 Å². The van der Waals surface area contributed by atoms with Gasteiger partial charge in [-0.15, -0.1) is 0 Å². The lowest BCUT2D eigenvalue weighted by Crippen LogP contribution is -2.63. The Kier molecular flexibility index (Phi) is 3.19. The number of hydrogen-bond acceptors (Lipinski definition) is 3. The molecule has 19 heavy (non-hydrogen) atoms. The molecule has 0 aliphatic heterocycles. The second kappa shape index (κ2) is 4.40. The maximum Gasteiger partial charge on any atom is 0.284 e. The molecule has 4 saturated carbocycles. The highest BCUT2D eigenvalue weighted by Gasteiger charge is 2.52. The molecule has 0 heterocycles. The predicted molar refractivity (Wildman–Crippen MR) is 69.9 cm³/mol. The summed E-state index contributed by atoms with van der Waals surface area (Å²) in [5.74, 6) is 1.95. The number of nitrogens with one attached hydrogen (secondary N) is 1. The van der Waals surface area contributed by atoms with Gasteiger partial charge in [-0.05, 0) is 63.2 Å². The van der Waals surface area contributed by atoms with E-state index in [1.54, 1.807) is 0 Å². The van der Waals surface area contributed by atoms with E-state index in [9.17, 15) is 17.4 Å². The van der Waals surface area contributed by atoms with Crippen LogP contribution in [0.5, 0.6) is 0 Å². The van der Waals surface area contributed by atoms with Crippen molar-refractivity contribution in [1.29, 1.82) is 0 Å². The van der Waals surface area contributed by atoms with E-state index in [-0.39, 0.29) is 5.54 Å². The van der Waals surface area contributed by atoms with E-state index in [2.05, 4.69) is 5.32 Å². The van der Waals surface area contributed by atoms with E-state index in [1.165, 1.54) is 26.2 Å². The zero-order valence-corrected chi connectivity index (χ0v) is 12.0. The van der Waals surface area contributed by atoms with Crippen molar-refractivity contribution in [2.24, 2.45) is 17.8 Å². The standard InChI is InChI=1S/C13H22FNO3S/c1-8(14)12(19(16,17)18)15-13-5-9-2-10(6-13)4-11(3-9)7-13/h8-12,15H,2-7H2,1H3,(H,16,17,18)/t8-,9?,10?,11?,12?,13?/m0/s1. The minimum absolute atomic E-state index is 0.268.